The van der Waals surface area contributed by atoms with Gasteiger partial charge in [-0.15, -0.1) is 12.0 Å². The third kappa shape index (κ3) is 1.19. The molecule has 0 amide bonds. The molecule has 1 aliphatic rings. The Morgan fingerprint density at radius 3 is 2.22 bits per heavy atom. The van der Waals surface area contributed by atoms with Crippen molar-refractivity contribution in [1.29, 1.82) is 0 Å². The lowest BCUT2D eigenvalue weighted by molar-refractivity contribution is 0.935. The van der Waals surface area contributed by atoms with Gasteiger partial charge in [-0.1, -0.05) is 19.8 Å². The monoisotopic (exact) mass is 138 g/mol. The summed E-state index contributed by atoms with van der Waals surface area (Å²) in [5.74, 6) is 0. The van der Waals surface area contributed by atoms with E-state index in [4.69, 9.17) is 6.42 Å². The van der Waals surface area contributed by atoms with E-state index in [1.54, 1.807) is 0 Å². The Hall–Kier alpha value is -0.223. The standard InChI is InChI=1S/C8H14Si/c1-3-9(4-2)7-5-6-8-9/h1H,4-8H2,2H3. The molecule has 0 aliphatic carbocycles. The molecule has 0 aromatic rings. The second-order valence-corrected chi connectivity index (χ2v) is 7.54. The number of rotatable bonds is 1. The van der Waals surface area contributed by atoms with Crippen LogP contribution in [0.3, 0.4) is 0 Å². The van der Waals surface area contributed by atoms with Gasteiger partial charge in [-0.05, 0) is 18.1 Å². The predicted molar refractivity (Wildman–Crippen MR) is 43.9 cm³/mol. The zero-order chi connectivity index (χ0) is 6.74. The lowest BCUT2D eigenvalue weighted by Gasteiger charge is -2.15. The molecule has 0 atom stereocenters. The average Bonchev–Trinajstić information content (AvgIpc) is 2.36. The zero-order valence-electron chi connectivity index (χ0n) is 6.11. The fraction of sp³-hybridized carbons (Fsp3) is 0.750. The summed E-state index contributed by atoms with van der Waals surface area (Å²) in [5, 5.41) is 0. The van der Waals surface area contributed by atoms with Gasteiger partial charge in [-0.3, -0.25) is 0 Å². The normalized spacial score (nSPS) is 23.6. The lowest BCUT2D eigenvalue weighted by Crippen LogP contribution is -2.26. The highest BCUT2D eigenvalue weighted by Gasteiger charge is 2.32. The highest BCUT2D eigenvalue weighted by atomic mass is 28.3. The van der Waals surface area contributed by atoms with Gasteiger partial charge in [0.05, 0.1) is 0 Å². The van der Waals surface area contributed by atoms with Crippen molar-refractivity contribution in [3.63, 3.8) is 0 Å². The van der Waals surface area contributed by atoms with E-state index in [1.165, 1.54) is 31.0 Å². The molecule has 1 saturated heterocycles. The Balaban J connectivity index is 2.59. The van der Waals surface area contributed by atoms with E-state index < -0.39 is 8.07 Å². The van der Waals surface area contributed by atoms with Crippen molar-refractivity contribution in [2.45, 2.75) is 37.9 Å². The minimum atomic E-state index is -1.05. The summed E-state index contributed by atoms with van der Waals surface area (Å²) in [6.07, 6.45) is 8.31. The summed E-state index contributed by atoms with van der Waals surface area (Å²) in [7, 11) is -1.05. The fourth-order valence-corrected chi connectivity index (χ4v) is 4.96. The average molecular weight is 138 g/mol. The van der Waals surface area contributed by atoms with E-state index in [0.717, 1.165) is 0 Å². The molecule has 50 valence electrons. The van der Waals surface area contributed by atoms with Crippen LogP contribution in [0, 0.1) is 12.0 Å². The molecule has 0 spiro atoms. The van der Waals surface area contributed by atoms with Crippen LogP contribution in [0.2, 0.25) is 18.1 Å². The van der Waals surface area contributed by atoms with Gasteiger partial charge in [-0.25, -0.2) is 0 Å². The first-order valence-corrected chi connectivity index (χ1v) is 6.43. The summed E-state index contributed by atoms with van der Waals surface area (Å²) < 4.78 is 0. The van der Waals surface area contributed by atoms with E-state index in [1.807, 2.05) is 0 Å². The molecule has 0 aromatic heterocycles. The Morgan fingerprint density at radius 1 is 1.44 bits per heavy atom. The molecule has 0 unspecified atom stereocenters. The first-order valence-electron chi connectivity index (χ1n) is 3.81. The highest BCUT2D eigenvalue weighted by Crippen LogP contribution is 2.31. The topological polar surface area (TPSA) is 0 Å². The van der Waals surface area contributed by atoms with Crippen LogP contribution < -0.4 is 0 Å². The Labute approximate surface area is 58.7 Å². The SMILES string of the molecule is C#C[Si]1(CC)CCCC1. The van der Waals surface area contributed by atoms with E-state index in [0.29, 0.717) is 0 Å². The van der Waals surface area contributed by atoms with Crippen molar-refractivity contribution in [3.8, 4) is 12.0 Å². The number of hydrogen-bond donors (Lipinski definition) is 0. The van der Waals surface area contributed by atoms with Crippen LogP contribution in [0.15, 0.2) is 0 Å². The van der Waals surface area contributed by atoms with E-state index in [2.05, 4.69) is 12.5 Å². The maximum atomic E-state index is 5.49. The molecule has 0 nitrogen and oxygen atoms in total. The van der Waals surface area contributed by atoms with Gasteiger partial charge in [0, 0.05) is 0 Å². The molecule has 0 saturated carbocycles. The van der Waals surface area contributed by atoms with Crippen molar-refractivity contribution in [2.24, 2.45) is 0 Å². The van der Waals surface area contributed by atoms with Gasteiger partial charge < -0.3 is 0 Å². The summed E-state index contributed by atoms with van der Waals surface area (Å²) in [6.45, 7) is 2.26. The molecular weight excluding hydrogens is 124 g/mol. The predicted octanol–water partition coefficient (Wildman–Crippen LogP) is 2.42. The van der Waals surface area contributed by atoms with Crippen LogP contribution in [0.1, 0.15) is 19.8 Å². The molecule has 0 aromatic carbocycles. The third-order valence-electron chi connectivity index (χ3n) is 2.54. The Kier molecular flexibility index (Phi) is 1.97. The molecule has 0 N–H and O–H groups in total. The highest BCUT2D eigenvalue weighted by molar-refractivity contribution is 6.87. The van der Waals surface area contributed by atoms with Crippen LogP contribution in [-0.4, -0.2) is 8.07 Å². The van der Waals surface area contributed by atoms with Crippen molar-refractivity contribution in [1.82, 2.24) is 0 Å². The summed E-state index contributed by atoms with van der Waals surface area (Å²) in [6, 6.07) is 4.11. The second-order valence-electron chi connectivity index (χ2n) is 2.99. The molecule has 9 heavy (non-hydrogen) atoms. The van der Waals surface area contributed by atoms with Crippen molar-refractivity contribution < 1.29 is 0 Å². The molecule has 1 heteroatoms. The Morgan fingerprint density at radius 2 is 2.00 bits per heavy atom. The molecule has 1 fully saturated rings. The van der Waals surface area contributed by atoms with Crippen LogP contribution in [0.5, 0.6) is 0 Å². The fourth-order valence-electron chi connectivity index (χ4n) is 1.65. The van der Waals surface area contributed by atoms with Crippen LogP contribution in [-0.2, 0) is 0 Å². The third-order valence-corrected chi connectivity index (χ3v) is 7.13. The molecule has 0 radical (unpaired) electrons. The molecule has 1 aliphatic heterocycles. The maximum Gasteiger partial charge on any atom is 0.137 e. The Bertz CT molecular complexity index is 126. The number of terminal acetylenes is 1. The summed E-state index contributed by atoms with van der Waals surface area (Å²) in [5.41, 5.74) is 3.07. The van der Waals surface area contributed by atoms with Crippen LogP contribution in [0.4, 0.5) is 0 Å². The van der Waals surface area contributed by atoms with Crippen molar-refractivity contribution in [2.75, 3.05) is 0 Å². The van der Waals surface area contributed by atoms with E-state index >= 15 is 0 Å². The zero-order valence-corrected chi connectivity index (χ0v) is 7.11. The van der Waals surface area contributed by atoms with Gasteiger partial charge in [0.25, 0.3) is 0 Å². The summed E-state index contributed by atoms with van der Waals surface area (Å²) in [4.78, 5) is 0. The van der Waals surface area contributed by atoms with Gasteiger partial charge >= 0.3 is 0 Å². The van der Waals surface area contributed by atoms with Gasteiger partial charge in [0.1, 0.15) is 8.07 Å². The maximum absolute atomic E-state index is 5.49. The van der Waals surface area contributed by atoms with Gasteiger partial charge in [0.2, 0.25) is 0 Å². The first-order chi connectivity index (χ1) is 4.33. The molecule has 1 heterocycles. The minimum Gasteiger partial charge on any atom is -0.135 e. The van der Waals surface area contributed by atoms with Crippen LogP contribution in [0.25, 0.3) is 0 Å². The quantitative estimate of drug-likeness (QED) is 0.385. The largest absolute Gasteiger partial charge is 0.137 e. The van der Waals surface area contributed by atoms with Gasteiger partial charge in [-0.2, -0.15) is 0 Å². The summed E-state index contributed by atoms with van der Waals surface area (Å²) >= 11 is 0. The van der Waals surface area contributed by atoms with E-state index in [9.17, 15) is 0 Å². The number of hydrogen-bond acceptors (Lipinski definition) is 0. The van der Waals surface area contributed by atoms with Gasteiger partial charge in [0.15, 0.2) is 0 Å². The minimum absolute atomic E-state index is 1.05. The van der Waals surface area contributed by atoms with Crippen molar-refractivity contribution >= 4 is 8.07 Å². The molecular formula is C8H14Si. The lowest BCUT2D eigenvalue weighted by atomic mass is 10.4. The van der Waals surface area contributed by atoms with E-state index in [-0.39, 0.29) is 0 Å². The van der Waals surface area contributed by atoms with Crippen molar-refractivity contribution in [3.05, 3.63) is 0 Å². The molecule has 0 bridgehead atoms. The first kappa shape index (κ1) is 6.89. The second kappa shape index (κ2) is 2.58. The smallest absolute Gasteiger partial charge is 0.135 e. The van der Waals surface area contributed by atoms with Crippen LogP contribution >= 0.6 is 0 Å². The molecule has 1 rings (SSSR count).